The van der Waals surface area contributed by atoms with Gasteiger partial charge in [-0.05, 0) is 56.6 Å². The molecule has 1 heterocycles. The zero-order valence-corrected chi connectivity index (χ0v) is 19.7. The fourth-order valence-electron chi connectivity index (χ4n) is 4.08. The van der Waals surface area contributed by atoms with E-state index >= 15 is 0 Å². The Bertz CT molecular complexity index is 918. The van der Waals surface area contributed by atoms with Crippen molar-refractivity contribution in [1.82, 2.24) is 10.4 Å². The zero-order chi connectivity index (χ0) is 22.5. The van der Waals surface area contributed by atoms with Crippen molar-refractivity contribution in [2.24, 2.45) is 16.8 Å². The van der Waals surface area contributed by atoms with Gasteiger partial charge in [0.2, 0.25) is 0 Å². The summed E-state index contributed by atoms with van der Waals surface area (Å²) in [5.41, 5.74) is 5.70. The maximum Gasteiger partial charge on any atom is 0.275 e. The van der Waals surface area contributed by atoms with E-state index in [-0.39, 0.29) is 23.8 Å². The molecule has 31 heavy (non-hydrogen) atoms. The average Bonchev–Trinajstić information content (AvgIpc) is 2.73. The molecule has 4 unspecified atom stereocenters. The number of thioether (sulfide) groups is 1. The summed E-state index contributed by atoms with van der Waals surface area (Å²) in [5, 5.41) is 1.87. The Hall–Kier alpha value is -2.05. The van der Waals surface area contributed by atoms with Gasteiger partial charge in [0.25, 0.3) is 5.91 Å². The lowest BCUT2D eigenvalue weighted by Gasteiger charge is -2.37. The molecule has 0 aromatic carbocycles. The van der Waals surface area contributed by atoms with Crippen molar-refractivity contribution in [1.29, 1.82) is 0 Å². The molecule has 0 fully saturated rings. The summed E-state index contributed by atoms with van der Waals surface area (Å²) in [6, 6.07) is -0.242. The second kappa shape index (κ2) is 10.5. The topological polar surface area (TPSA) is 44.7 Å². The molecule has 4 atom stereocenters. The quantitative estimate of drug-likeness (QED) is 0.383. The number of hydrogen-bond donors (Lipinski definition) is 1. The van der Waals surface area contributed by atoms with Crippen LogP contribution in [0, 0.1) is 11.8 Å². The van der Waals surface area contributed by atoms with E-state index < -0.39 is 6.17 Å². The lowest BCUT2D eigenvalue weighted by Crippen LogP contribution is -2.49. The highest BCUT2D eigenvalue weighted by Gasteiger charge is 2.39. The van der Waals surface area contributed by atoms with Crippen LogP contribution in [0.5, 0.6) is 0 Å². The smallest absolute Gasteiger partial charge is 0.275 e. The maximum atomic E-state index is 13.6. The number of hydrazine groups is 1. The van der Waals surface area contributed by atoms with Crippen LogP contribution in [0.3, 0.4) is 0 Å². The van der Waals surface area contributed by atoms with E-state index in [1.165, 1.54) is 5.01 Å². The van der Waals surface area contributed by atoms with Crippen LogP contribution in [-0.2, 0) is 4.79 Å². The Kier molecular flexibility index (Phi) is 8.00. The van der Waals surface area contributed by atoms with Gasteiger partial charge in [-0.15, -0.1) is 11.8 Å². The van der Waals surface area contributed by atoms with Gasteiger partial charge in [0.05, 0.1) is 6.04 Å². The number of amides is 1. The average molecular weight is 462 g/mol. The number of fused-ring (bicyclic) bond motifs is 1. The predicted octanol–water partition coefficient (Wildman–Crippen LogP) is 5.83. The first kappa shape index (κ1) is 23.6. The first-order valence-corrected chi connectivity index (χ1v) is 11.9. The van der Waals surface area contributed by atoms with Crippen molar-refractivity contribution >= 4 is 35.6 Å². The number of aliphatic imine (C=N–C) groups is 1. The number of nitrogens with one attached hydrogen (secondary N) is 1. The number of allylic oxidation sites excluding steroid dienone is 8. The standard InChI is InChI=1S/C24H29ClFN3OS/c1-5-31-22(11-6-16(3)25)17(4)28-29-14-27-23-20(18-7-9-19(26)10-8-18)12-15(2)13-21(23)24(29)30/h6-7,9,11-14,18-20,23,28H,3,5,8,10H2,1-2,4H3/b11-6-,22-17-. The highest BCUT2D eigenvalue weighted by Crippen LogP contribution is 2.38. The van der Waals surface area contributed by atoms with Crippen LogP contribution in [0.1, 0.15) is 33.6 Å². The molecular weight excluding hydrogens is 433 g/mol. The Morgan fingerprint density at radius 1 is 1.42 bits per heavy atom. The van der Waals surface area contributed by atoms with Crippen molar-refractivity contribution in [3.8, 4) is 0 Å². The van der Waals surface area contributed by atoms with Crippen LogP contribution in [-0.4, -0.2) is 35.2 Å². The highest BCUT2D eigenvalue weighted by molar-refractivity contribution is 8.03. The third-order valence-electron chi connectivity index (χ3n) is 5.54. The van der Waals surface area contributed by atoms with Crippen molar-refractivity contribution in [3.63, 3.8) is 0 Å². The normalized spacial score (nSPS) is 28.8. The second-order valence-corrected chi connectivity index (χ2v) is 9.72. The monoisotopic (exact) mass is 461 g/mol. The number of nitrogens with zero attached hydrogens (tertiary/aromatic N) is 2. The highest BCUT2D eigenvalue weighted by atomic mass is 35.5. The summed E-state index contributed by atoms with van der Waals surface area (Å²) in [7, 11) is 0. The predicted molar refractivity (Wildman–Crippen MR) is 129 cm³/mol. The van der Waals surface area contributed by atoms with E-state index in [9.17, 15) is 9.18 Å². The van der Waals surface area contributed by atoms with Gasteiger partial charge < -0.3 is 0 Å². The van der Waals surface area contributed by atoms with Crippen molar-refractivity contribution in [2.45, 2.75) is 45.8 Å². The molecule has 0 saturated carbocycles. The van der Waals surface area contributed by atoms with Crippen molar-refractivity contribution < 1.29 is 9.18 Å². The molecule has 0 aromatic rings. The van der Waals surface area contributed by atoms with Gasteiger partial charge in [0, 0.05) is 27.1 Å². The van der Waals surface area contributed by atoms with E-state index in [2.05, 4.69) is 25.0 Å². The zero-order valence-electron chi connectivity index (χ0n) is 18.1. The fourth-order valence-corrected chi connectivity index (χ4v) is 4.88. The molecule has 166 valence electrons. The van der Waals surface area contributed by atoms with E-state index in [4.69, 9.17) is 16.6 Å². The second-order valence-electron chi connectivity index (χ2n) is 7.93. The van der Waals surface area contributed by atoms with Crippen LogP contribution in [0.15, 0.2) is 74.8 Å². The van der Waals surface area contributed by atoms with Gasteiger partial charge in [-0.3, -0.25) is 15.2 Å². The van der Waals surface area contributed by atoms with Gasteiger partial charge in [0.15, 0.2) is 0 Å². The molecule has 0 aromatic heterocycles. The summed E-state index contributed by atoms with van der Waals surface area (Å²) in [6.07, 6.45) is 13.3. The summed E-state index contributed by atoms with van der Waals surface area (Å²) >= 11 is 7.50. The van der Waals surface area contributed by atoms with Crippen LogP contribution < -0.4 is 5.43 Å². The van der Waals surface area contributed by atoms with E-state index in [1.807, 2.05) is 32.1 Å². The summed E-state index contributed by atoms with van der Waals surface area (Å²) in [4.78, 5) is 19.0. The largest absolute Gasteiger partial charge is 0.294 e. The molecule has 3 rings (SSSR count). The molecule has 0 saturated heterocycles. The summed E-state index contributed by atoms with van der Waals surface area (Å²) in [6.45, 7) is 9.65. The molecule has 0 spiro atoms. The van der Waals surface area contributed by atoms with Crippen LogP contribution >= 0.6 is 23.4 Å². The van der Waals surface area contributed by atoms with Gasteiger partial charge in [-0.2, -0.15) is 0 Å². The first-order chi connectivity index (χ1) is 14.8. The SMILES string of the molecule is C=C(Cl)/C=C\C(SCC)=C(/C)NN1C=NC2C(=CC(C)=CC2C2C=CC(F)CC2)C1=O. The van der Waals surface area contributed by atoms with Crippen molar-refractivity contribution in [3.05, 3.63) is 69.8 Å². The minimum absolute atomic E-state index is 0.0617. The summed E-state index contributed by atoms with van der Waals surface area (Å²) in [5.74, 6) is 1.00. The van der Waals surface area contributed by atoms with Gasteiger partial charge >= 0.3 is 0 Å². The molecular formula is C24H29ClFN3OS. The number of rotatable bonds is 7. The lowest BCUT2D eigenvalue weighted by atomic mass is 9.74. The molecule has 7 heteroatoms. The van der Waals surface area contributed by atoms with Crippen LogP contribution in [0.4, 0.5) is 4.39 Å². The molecule has 1 amide bonds. The Morgan fingerprint density at radius 2 is 2.19 bits per heavy atom. The minimum Gasteiger partial charge on any atom is -0.294 e. The number of carbonyl (C=O) groups excluding carboxylic acids is 1. The Labute approximate surface area is 193 Å². The van der Waals surface area contributed by atoms with Gasteiger partial charge in [-0.25, -0.2) is 9.40 Å². The number of hydrogen-bond acceptors (Lipinski definition) is 4. The fraction of sp³-hybridized carbons (Fsp3) is 0.417. The molecule has 2 aliphatic carbocycles. The van der Waals surface area contributed by atoms with Gasteiger partial charge in [-0.1, -0.05) is 48.9 Å². The van der Waals surface area contributed by atoms with E-state index in [0.29, 0.717) is 17.0 Å². The van der Waals surface area contributed by atoms with E-state index in [0.717, 1.165) is 28.3 Å². The number of alkyl halides is 1. The summed E-state index contributed by atoms with van der Waals surface area (Å²) < 4.78 is 13.6. The number of carbonyl (C=O) groups is 1. The number of halogens is 2. The molecule has 0 radical (unpaired) electrons. The van der Waals surface area contributed by atoms with E-state index in [1.54, 1.807) is 30.3 Å². The molecule has 3 aliphatic rings. The third kappa shape index (κ3) is 5.80. The van der Waals surface area contributed by atoms with Crippen LogP contribution in [0.2, 0.25) is 0 Å². The maximum absolute atomic E-state index is 13.6. The molecule has 4 nitrogen and oxygen atoms in total. The van der Waals surface area contributed by atoms with Crippen molar-refractivity contribution in [2.75, 3.05) is 5.75 Å². The molecule has 0 bridgehead atoms. The molecule has 1 aliphatic heterocycles. The van der Waals surface area contributed by atoms with Gasteiger partial charge in [0.1, 0.15) is 12.5 Å². The third-order valence-corrected chi connectivity index (χ3v) is 6.71. The van der Waals surface area contributed by atoms with Crippen LogP contribution in [0.25, 0.3) is 0 Å². The Balaban J connectivity index is 1.83. The first-order valence-electron chi connectivity index (χ1n) is 10.5. The lowest BCUT2D eigenvalue weighted by molar-refractivity contribution is -0.125. The molecule has 1 N–H and O–H groups in total. The Morgan fingerprint density at radius 3 is 2.84 bits per heavy atom. The minimum atomic E-state index is -0.869.